The summed E-state index contributed by atoms with van der Waals surface area (Å²) in [5.41, 5.74) is 6.56. The molecule has 2 aromatic rings. The molecule has 1 aromatic carbocycles. The second kappa shape index (κ2) is 8.75. The summed E-state index contributed by atoms with van der Waals surface area (Å²) in [6, 6.07) is 6.24. The molecule has 0 saturated carbocycles. The molecular formula is C20H25N3O5S2. The largest absolute Gasteiger partial charge is 0.497 e. The molecule has 0 spiro atoms. The number of methoxy groups -OCH3 is 1. The van der Waals surface area contributed by atoms with Gasteiger partial charge in [-0.3, -0.25) is 9.59 Å². The van der Waals surface area contributed by atoms with Crippen molar-refractivity contribution < 1.29 is 22.7 Å². The standard InChI is InChI=1S/C20H25N3O5S2/c1-12-13(2)29-20(17(12)18(21)24)22-19(25)14-8-10-23(11-9-14)30(26,27)16-6-4-15(28-3)5-7-16/h4-7,14H,8-11H2,1-3H3,(H2,21,24)(H,22,25). The van der Waals surface area contributed by atoms with E-state index in [1.165, 1.54) is 34.9 Å². The lowest BCUT2D eigenvalue weighted by Gasteiger charge is -2.30. The van der Waals surface area contributed by atoms with Crippen LogP contribution in [-0.2, 0) is 14.8 Å². The lowest BCUT2D eigenvalue weighted by molar-refractivity contribution is -0.120. The van der Waals surface area contributed by atoms with Gasteiger partial charge >= 0.3 is 0 Å². The number of anilines is 1. The van der Waals surface area contributed by atoms with E-state index >= 15 is 0 Å². The Balaban J connectivity index is 1.66. The molecule has 1 aliphatic heterocycles. The summed E-state index contributed by atoms with van der Waals surface area (Å²) in [7, 11) is -2.11. The van der Waals surface area contributed by atoms with Crippen LogP contribution < -0.4 is 15.8 Å². The molecule has 1 aromatic heterocycles. The Morgan fingerprint density at radius 3 is 2.30 bits per heavy atom. The SMILES string of the molecule is COc1ccc(S(=O)(=O)N2CCC(C(=O)Nc3sc(C)c(C)c3C(N)=O)CC2)cc1. The first-order valence-electron chi connectivity index (χ1n) is 9.50. The van der Waals surface area contributed by atoms with Gasteiger partial charge in [-0.2, -0.15) is 4.31 Å². The lowest BCUT2D eigenvalue weighted by Crippen LogP contribution is -2.41. The van der Waals surface area contributed by atoms with E-state index in [9.17, 15) is 18.0 Å². The van der Waals surface area contributed by atoms with E-state index in [-0.39, 0.29) is 29.8 Å². The number of piperidine rings is 1. The Morgan fingerprint density at radius 1 is 1.17 bits per heavy atom. The minimum Gasteiger partial charge on any atom is -0.497 e. The summed E-state index contributed by atoms with van der Waals surface area (Å²) < 4.78 is 32.2. The number of benzene rings is 1. The zero-order valence-corrected chi connectivity index (χ0v) is 18.7. The quantitative estimate of drug-likeness (QED) is 0.699. The second-order valence-electron chi connectivity index (χ2n) is 7.19. The van der Waals surface area contributed by atoms with Gasteiger partial charge in [0.05, 0.1) is 17.6 Å². The van der Waals surface area contributed by atoms with Gasteiger partial charge in [0.15, 0.2) is 0 Å². The molecule has 0 bridgehead atoms. The van der Waals surface area contributed by atoms with E-state index in [0.717, 1.165) is 10.4 Å². The molecule has 1 fully saturated rings. The number of ether oxygens (including phenoxy) is 1. The van der Waals surface area contributed by atoms with Crippen LogP contribution in [0.1, 0.15) is 33.6 Å². The first-order valence-corrected chi connectivity index (χ1v) is 11.8. The van der Waals surface area contributed by atoms with Gasteiger partial charge in [0.25, 0.3) is 5.91 Å². The van der Waals surface area contributed by atoms with Crippen LogP contribution in [0.5, 0.6) is 5.75 Å². The van der Waals surface area contributed by atoms with Gasteiger partial charge in [0.2, 0.25) is 15.9 Å². The molecule has 1 aliphatic rings. The number of carbonyl (C=O) groups is 2. The summed E-state index contributed by atoms with van der Waals surface area (Å²) in [5, 5.41) is 3.27. The van der Waals surface area contributed by atoms with E-state index in [1.54, 1.807) is 19.1 Å². The van der Waals surface area contributed by atoms with Gasteiger partial charge in [0.1, 0.15) is 10.8 Å². The van der Waals surface area contributed by atoms with Crippen molar-refractivity contribution in [3.8, 4) is 5.75 Å². The number of hydrogen-bond acceptors (Lipinski definition) is 6. The number of nitrogens with two attached hydrogens (primary N) is 1. The Kier molecular flexibility index (Phi) is 6.49. The molecule has 2 amide bonds. The third-order valence-electron chi connectivity index (χ3n) is 5.39. The minimum absolute atomic E-state index is 0.196. The highest BCUT2D eigenvalue weighted by Gasteiger charge is 2.33. The maximum absolute atomic E-state index is 12.8. The van der Waals surface area contributed by atoms with Crippen LogP contribution >= 0.6 is 11.3 Å². The summed E-state index contributed by atoms with van der Waals surface area (Å²) in [6.45, 7) is 4.16. The van der Waals surface area contributed by atoms with Crippen molar-refractivity contribution in [2.75, 3.05) is 25.5 Å². The minimum atomic E-state index is -3.63. The number of amides is 2. The Labute approximate surface area is 180 Å². The molecule has 3 rings (SSSR count). The van der Waals surface area contributed by atoms with Crippen LogP contribution in [0.2, 0.25) is 0 Å². The van der Waals surface area contributed by atoms with E-state index in [0.29, 0.717) is 29.2 Å². The second-order valence-corrected chi connectivity index (χ2v) is 10.4. The first kappa shape index (κ1) is 22.3. The number of thiophene rings is 1. The highest BCUT2D eigenvalue weighted by Crippen LogP contribution is 2.33. The van der Waals surface area contributed by atoms with Crippen molar-refractivity contribution in [3.05, 3.63) is 40.3 Å². The molecule has 8 nitrogen and oxygen atoms in total. The predicted molar refractivity (Wildman–Crippen MR) is 115 cm³/mol. The Bertz CT molecular complexity index is 1050. The highest BCUT2D eigenvalue weighted by molar-refractivity contribution is 7.89. The van der Waals surface area contributed by atoms with Gasteiger partial charge in [-0.1, -0.05) is 0 Å². The molecule has 10 heteroatoms. The topological polar surface area (TPSA) is 119 Å². The fraction of sp³-hybridized carbons (Fsp3) is 0.400. The maximum Gasteiger partial charge on any atom is 0.251 e. The van der Waals surface area contributed by atoms with Gasteiger partial charge in [-0.15, -0.1) is 11.3 Å². The van der Waals surface area contributed by atoms with Crippen molar-refractivity contribution in [3.63, 3.8) is 0 Å². The van der Waals surface area contributed by atoms with Crippen LogP contribution in [0.15, 0.2) is 29.2 Å². The van der Waals surface area contributed by atoms with Gasteiger partial charge in [-0.25, -0.2) is 8.42 Å². The zero-order chi connectivity index (χ0) is 22.1. The molecule has 0 atom stereocenters. The monoisotopic (exact) mass is 451 g/mol. The number of hydrogen-bond donors (Lipinski definition) is 2. The molecule has 1 saturated heterocycles. The number of nitrogens with one attached hydrogen (secondary N) is 1. The number of aryl methyl sites for hydroxylation is 1. The lowest BCUT2D eigenvalue weighted by atomic mass is 9.97. The average Bonchev–Trinajstić information content (AvgIpc) is 3.01. The number of nitrogens with zero attached hydrogens (tertiary/aromatic N) is 1. The molecule has 2 heterocycles. The van der Waals surface area contributed by atoms with Crippen molar-refractivity contribution in [1.29, 1.82) is 0 Å². The Hall–Kier alpha value is -2.43. The van der Waals surface area contributed by atoms with Crippen molar-refractivity contribution >= 4 is 38.2 Å². The molecule has 30 heavy (non-hydrogen) atoms. The van der Waals surface area contributed by atoms with E-state index in [2.05, 4.69) is 5.32 Å². The van der Waals surface area contributed by atoms with E-state index < -0.39 is 15.9 Å². The van der Waals surface area contributed by atoms with Crippen molar-refractivity contribution in [1.82, 2.24) is 4.31 Å². The number of primary amides is 1. The fourth-order valence-corrected chi connectivity index (χ4v) is 6.02. The third-order valence-corrected chi connectivity index (χ3v) is 8.43. The normalized spacial score (nSPS) is 15.7. The van der Waals surface area contributed by atoms with E-state index in [1.807, 2.05) is 6.92 Å². The van der Waals surface area contributed by atoms with Crippen LogP contribution in [0, 0.1) is 19.8 Å². The average molecular weight is 452 g/mol. The summed E-state index contributed by atoms with van der Waals surface area (Å²) >= 11 is 1.32. The maximum atomic E-state index is 12.8. The van der Waals surface area contributed by atoms with Crippen LogP contribution in [0.4, 0.5) is 5.00 Å². The first-order chi connectivity index (χ1) is 14.1. The summed E-state index contributed by atoms with van der Waals surface area (Å²) in [5.74, 6) is -0.553. The van der Waals surface area contributed by atoms with Gasteiger partial charge in [-0.05, 0) is 56.5 Å². The van der Waals surface area contributed by atoms with Crippen molar-refractivity contribution in [2.24, 2.45) is 11.7 Å². The zero-order valence-electron chi connectivity index (χ0n) is 17.1. The van der Waals surface area contributed by atoms with Crippen molar-refractivity contribution in [2.45, 2.75) is 31.6 Å². The number of carbonyl (C=O) groups excluding carboxylic acids is 2. The molecule has 0 aliphatic carbocycles. The molecule has 0 radical (unpaired) electrons. The molecular weight excluding hydrogens is 426 g/mol. The van der Waals surface area contributed by atoms with Crippen LogP contribution in [0.3, 0.4) is 0 Å². The summed E-state index contributed by atoms with van der Waals surface area (Å²) in [6.07, 6.45) is 0.799. The highest BCUT2D eigenvalue weighted by atomic mass is 32.2. The van der Waals surface area contributed by atoms with Gasteiger partial charge < -0.3 is 15.8 Å². The smallest absolute Gasteiger partial charge is 0.251 e. The number of sulfonamides is 1. The summed E-state index contributed by atoms with van der Waals surface area (Å²) in [4.78, 5) is 25.6. The third kappa shape index (κ3) is 4.35. The predicted octanol–water partition coefficient (Wildman–Crippen LogP) is 2.51. The van der Waals surface area contributed by atoms with E-state index in [4.69, 9.17) is 10.5 Å². The fourth-order valence-electron chi connectivity index (χ4n) is 3.48. The van der Waals surface area contributed by atoms with Gasteiger partial charge in [0, 0.05) is 23.9 Å². The van der Waals surface area contributed by atoms with Crippen LogP contribution in [0.25, 0.3) is 0 Å². The molecule has 0 unspecified atom stereocenters. The molecule has 162 valence electrons. The Morgan fingerprint density at radius 2 is 1.77 bits per heavy atom. The molecule has 3 N–H and O–H groups in total. The van der Waals surface area contributed by atoms with Crippen LogP contribution in [-0.4, -0.2) is 44.7 Å². The number of rotatable bonds is 6.